The molecular formula is C15H18N4O3. The first kappa shape index (κ1) is 14.5. The average Bonchev–Trinajstić information content (AvgIpc) is 2.96. The summed E-state index contributed by atoms with van der Waals surface area (Å²) in [6.07, 6.45) is 0. The number of hydrogen-bond acceptors (Lipinski definition) is 5. The van der Waals surface area contributed by atoms with E-state index in [9.17, 15) is 9.90 Å². The quantitative estimate of drug-likeness (QED) is 0.923. The number of nitrogens with zero attached hydrogens (tertiary/aromatic N) is 4. The Labute approximate surface area is 128 Å². The largest absolute Gasteiger partial charge is 0.476 e. The van der Waals surface area contributed by atoms with E-state index in [-0.39, 0.29) is 5.69 Å². The van der Waals surface area contributed by atoms with Crippen molar-refractivity contribution in [2.24, 2.45) is 0 Å². The first-order chi connectivity index (χ1) is 10.6. The fourth-order valence-electron chi connectivity index (χ4n) is 2.47. The van der Waals surface area contributed by atoms with Crippen molar-refractivity contribution >= 4 is 11.8 Å². The second kappa shape index (κ2) is 5.76. The lowest BCUT2D eigenvalue weighted by molar-refractivity contribution is 0.0689. The third kappa shape index (κ3) is 2.67. The van der Waals surface area contributed by atoms with Crippen LogP contribution in [0.15, 0.2) is 18.2 Å². The van der Waals surface area contributed by atoms with Gasteiger partial charge in [-0.2, -0.15) is 0 Å². The molecule has 1 aliphatic heterocycles. The van der Waals surface area contributed by atoms with Gasteiger partial charge in [0, 0.05) is 13.1 Å². The maximum Gasteiger partial charge on any atom is 0.360 e. The van der Waals surface area contributed by atoms with Crippen LogP contribution in [0.4, 0.5) is 5.82 Å². The third-order valence-corrected chi connectivity index (χ3v) is 3.69. The molecule has 22 heavy (non-hydrogen) atoms. The molecule has 0 saturated carbocycles. The van der Waals surface area contributed by atoms with E-state index in [1.807, 2.05) is 36.9 Å². The molecule has 0 aliphatic carbocycles. The lowest BCUT2D eigenvalue weighted by Crippen LogP contribution is -2.37. The second-order valence-electron chi connectivity index (χ2n) is 5.36. The molecule has 0 spiro atoms. The van der Waals surface area contributed by atoms with Gasteiger partial charge in [-0.25, -0.2) is 4.79 Å². The Bertz CT molecular complexity index is 705. The first-order valence-corrected chi connectivity index (χ1v) is 7.17. The number of aromatic carboxylic acids is 1. The standard InChI is InChI=1S/C15H18N4O3/c1-10-3-4-11(2)12(9-10)19-16-13(15(20)21)14(17-19)18-5-7-22-8-6-18/h3-4,9H,5-8H2,1-2H3,(H,20,21). The van der Waals surface area contributed by atoms with E-state index in [0.717, 1.165) is 16.8 Å². The van der Waals surface area contributed by atoms with Gasteiger partial charge in [0.05, 0.1) is 18.9 Å². The van der Waals surface area contributed by atoms with Crippen LogP contribution in [-0.2, 0) is 4.74 Å². The van der Waals surface area contributed by atoms with Crippen LogP contribution in [0.2, 0.25) is 0 Å². The number of rotatable bonds is 3. The van der Waals surface area contributed by atoms with Crippen molar-refractivity contribution in [2.75, 3.05) is 31.2 Å². The van der Waals surface area contributed by atoms with Gasteiger partial charge in [-0.05, 0) is 31.0 Å². The zero-order valence-electron chi connectivity index (χ0n) is 12.6. The van der Waals surface area contributed by atoms with Crippen LogP contribution in [0.25, 0.3) is 5.69 Å². The first-order valence-electron chi connectivity index (χ1n) is 7.17. The highest BCUT2D eigenvalue weighted by Crippen LogP contribution is 2.21. The van der Waals surface area contributed by atoms with E-state index in [1.165, 1.54) is 4.80 Å². The van der Waals surface area contributed by atoms with Gasteiger partial charge in [0.15, 0.2) is 5.82 Å². The van der Waals surface area contributed by atoms with Crippen LogP contribution in [-0.4, -0.2) is 52.4 Å². The normalized spacial score (nSPS) is 15.1. The summed E-state index contributed by atoms with van der Waals surface area (Å²) in [6, 6.07) is 5.93. The maximum absolute atomic E-state index is 11.5. The van der Waals surface area contributed by atoms with Crippen molar-refractivity contribution in [2.45, 2.75) is 13.8 Å². The molecule has 1 aromatic heterocycles. The number of anilines is 1. The number of hydrogen-bond donors (Lipinski definition) is 1. The molecule has 7 nitrogen and oxygen atoms in total. The predicted molar refractivity (Wildman–Crippen MR) is 80.8 cm³/mol. The van der Waals surface area contributed by atoms with Crippen LogP contribution in [0.5, 0.6) is 0 Å². The van der Waals surface area contributed by atoms with Gasteiger partial charge < -0.3 is 14.7 Å². The second-order valence-corrected chi connectivity index (χ2v) is 5.36. The van der Waals surface area contributed by atoms with E-state index in [2.05, 4.69) is 10.2 Å². The number of carboxylic acids is 1. The van der Waals surface area contributed by atoms with Crippen LogP contribution < -0.4 is 4.90 Å². The number of carbonyl (C=O) groups is 1. The monoisotopic (exact) mass is 302 g/mol. The minimum Gasteiger partial charge on any atom is -0.476 e. The van der Waals surface area contributed by atoms with Gasteiger partial charge in [0.2, 0.25) is 5.69 Å². The molecule has 0 bridgehead atoms. The Morgan fingerprint density at radius 1 is 1.23 bits per heavy atom. The van der Waals surface area contributed by atoms with Gasteiger partial charge in [-0.15, -0.1) is 15.0 Å². The highest BCUT2D eigenvalue weighted by atomic mass is 16.5. The molecule has 3 rings (SSSR count). The van der Waals surface area contributed by atoms with Crippen LogP contribution in [0.3, 0.4) is 0 Å². The molecule has 2 aromatic rings. The van der Waals surface area contributed by atoms with E-state index < -0.39 is 5.97 Å². The predicted octanol–water partition coefficient (Wildman–Crippen LogP) is 1.42. The molecule has 0 unspecified atom stereocenters. The summed E-state index contributed by atoms with van der Waals surface area (Å²) in [5, 5.41) is 18.0. The van der Waals surface area contributed by atoms with Crippen molar-refractivity contribution < 1.29 is 14.6 Å². The van der Waals surface area contributed by atoms with E-state index in [0.29, 0.717) is 32.1 Å². The smallest absolute Gasteiger partial charge is 0.360 e. The zero-order chi connectivity index (χ0) is 15.7. The summed E-state index contributed by atoms with van der Waals surface area (Å²) < 4.78 is 5.30. The molecule has 116 valence electrons. The zero-order valence-corrected chi connectivity index (χ0v) is 12.6. The van der Waals surface area contributed by atoms with Crippen molar-refractivity contribution in [3.8, 4) is 5.69 Å². The Morgan fingerprint density at radius 3 is 2.64 bits per heavy atom. The van der Waals surface area contributed by atoms with Gasteiger partial charge in [0.25, 0.3) is 0 Å². The number of benzene rings is 1. The molecule has 0 atom stereocenters. The maximum atomic E-state index is 11.5. The third-order valence-electron chi connectivity index (χ3n) is 3.69. The van der Waals surface area contributed by atoms with Crippen LogP contribution in [0, 0.1) is 13.8 Å². The summed E-state index contributed by atoms with van der Waals surface area (Å²) in [6.45, 7) is 6.29. The van der Waals surface area contributed by atoms with E-state index >= 15 is 0 Å². The summed E-state index contributed by atoms with van der Waals surface area (Å²) in [7, 11) is 0. The molecule has 1 fully saturated rings. The van der Waals surface area contributed by atoms with Crippen LogP contribution >= 0.6 is 0 Å². The van der Waals surface area contributed by atoms with E-state index in [4.69, 9.17) is 4.74 Å². The molecule has 2 heterocycles. The van der Waals surface area contributed by atoms with Crippen molar-refractivity contribution in [3.63, 3.8) is 0 Å². The topological polar surface area (TPSA) is 80.5 Å². The SMILES string of the molecule is Cc1ccc(C)c(-n2nc(C(=O)O)c(N3CCOCC3)n2)c1. The Kier molecular flexibility index (Phi) is 3.81. The fourth-order valence-corrected chi connectivity index (χ4v) is 2.47. The summed E-state index contributed by atoms with van der Waals surface area (Å²) >= 11 is 0. The highest BCUT2D eigenvalue weighted by molar-refractivity contribution is 5.91. The molecule has 1 N–H and O–H groups in total. The fraction of sp³-hybridized carbons (Fsp3) is 0.400. The minimum absolute atomic E-state index is 0.0252. The van der Waals surface area contributed by atoms with Crippen molar-refractivity contribution in [3.05, 3.63) is 35.0 Å². The highest BCUT2D eigenvalue weighted by Gasteiger charge is 2.25. The van der Waals surface area contributed by atoms with Crippen molar-refractivity contribution in [1.82, 2.24) is 15.0 Å². The molecule has 0 radical (unpaired) electrons. The molecule has 1 saturated heterocycles. The number of aryl methyl sites for hydroxylation is 2. The van der Waals surface area contributed by atoms with Gasteiger partial charge in [0.1, 0.15) is 0 Å². The van der Waals surface area contributed by atoms with E-state index in [1.54, 1.807) is 0 Å². The molecule has 7 heteroatoms. The summed E-state index contributed by atoms with van der Waals surface area (Å²) in [4.78, 5) is 14.8. The van der Waals surface area contributed by atoms with Gasteiger partial charge in [-0.3, -0.25) is 0 Å². The van der Waals surface area contributed by atoms with Crippen molar-refractivity contribution in [1.29, 1.82) is 0 Å². The lowest BCUT2D eigenvalue weighted by Gasteiger charge is -2.26. The lowest BCUT2D eigenvalue weighted by atomic mass is 10.1. The van der Waals surface area contributed by atoms with Crippen LogP contribution in [0.1, 0.15) is 21.6 Å². The molecule has 1 aliphatic rings. The average molecular weight is 302 g/mol. The molecular weight excluding hydrogens is 284 g/mol. The number of carboxylic acid groups (broad SMARTS) is 1. The summed E-state index contributed by atoms with van der Waals surface area (Å²) in [5.74, 6) is -0.672. The number of morpholine rings is 1. The number of aromatic nitrogens is 3. The Hall–Kier alpha value is -2.41. The number of ether oxygens (including phenoxy) is 1. The minimum atomic E-state index is -1.07. The van der Waals surface area contributed by atoms with Gasteiger partial charge in [-0.1, -0.05) is 12.1 Å². The van der Waals surface area contributed by atoms with Gasteiger partial charge >= 0.3 is 5.97 Å². The Balaban J connectivity index is 2.06. The summed E-state index contributed by atoms with van der Waals surface area (Å²) in [5.41, 5.74) is 2.83. The molecule has 0 amide bonds. The Morgan fingerprint density at radius 2 is 1.95 bits per heavy atom. The molecule has 1 aromatic carbocycles.